The number of nitrogens with zero attached hydrogens (tertiary/aromatic N) is 2. The number of carbonyl (C=O) groups excluding carboxylic acids is 3. The Morgan fingerprint density at radius 2 is 1.43 bits per heavy atom. The van der Waals surface area contributed by atoms with Crippen LogP contribution >= 0.6 is 0 Å². The number of carbonyl (C=O) groups is 3. The molecule has 10 heteroatoms. The van der Waals surface area contributed by atoms with Gasteiger partial charge in [0.05, 0.1) is 35.6 Å². The van der Waals surface area contributed by atoms with E-state index in [1.165, 1.54) is 12.1 Å². The first-order chi connectivity index (χ1) is 22.5. The molecular weight excluding hydrogens is 596 g/mol. The number of benzene rings is 3. The number of rotatable bonds is 13. The van der Waals surface area contributed by atoms with E-state index < -0.39 is 41.9 Å². The molecule has 1 aromatic heterocycles. The Hall–Kier alpha value is -5.22. The number of amides is 3. The van der Waals surface area contributed by atoms with Crippen LogP contribution in [0.4, 0.5) is 15.3 Å². The number of aliphatic hydroxyl groups excluding tert-OH is 1. The molecule has 0 aliphatic heterocycles. The number of hydrogen-bond donors (Lipinski definition) is 3. The van der Waals surface area contributed by atoms with Crippen LogP contribution < -0.4 is 20.6 Å². The Labute approximate surface area is 275 Å². The largest absolute Gasteiger partial charge is 0.530 e. The maximum atomic E-state index is 13.9. The number of pyridine rings is 1. The van der Waals surface area contributed by atoms with Gasteiger partial charge in [0, 0.05) is 12.2 Å². The van der Waals surface area contributed by atoms with Crippen molar-refractivity contribution in [3.63, 3.8) is 0 Å². The molecule has 10 nitrogen and oxygen atoms in total. The lowest BCUT2D eigenvalue weighted by Gasteiger charge is -2.30. The van der Waals surface area contributed by atoms with Crippen molar-refractivity contribution in [3.05, 3.63) is 132 Å². The molecule has 47 heavy (non-hydrogen) atoms. The molecule has 0 bridgehead atoms. The molecule has 4 rings (SSSR count). The van der Waals surface area contributed by atoms with Crippen molar-refractivity contribution in [2.45, 2.75) is 70.4 Å². The van der Waals surface area contributed by atoms with Crippen molar-refractivity contribution < 1.29 is 29.3 Å². The summed E-state index contributed by atoms with van der Waals surface area (Å²) in [5, 5.41) is 29.7. The molecule has 0 saturated heterocycles. The second-order valence-corrected chi connectivity index (χ2v) is 12.3. The summed E-state index contributed by atoms with van der Waals surface area (Å²) in [7, 11) is 0. The first-order valence-electron chi connectivity index (χ1n) is 15.5. The van der Waals surface area contributed by atoms with Crippen LogP contribution in [0.3, 0.4) is 0 Å². The SMILES string of the molecule is CC(C)(C)OC(=O)N[C@@H](Cc1ccccc1)[C@@H](O)C[C@H](Cc1ccccc1)NC(=O)c1ccccc1N(Cc1ccccn1)C(=O)[O-]. The lowest BCUT2D eigenvalue weighted by molar-refractivity contribution is -0.246. The highest BCUT2D eigenvalue weighted by atomic mass is 16.6. The predicted molar refractivity (Wildman–Crippen MR) is 178 cm³/mol. The number of alkyl carbamates (subject to hydrolysis) is 1. The van der Waals surface area contributed by atoms with Gasteiger partial charge < -0.3 is 35.3 Å². The maximum absolute atomic E-state index is 13.9. The molecule has 0 spiro atoms. The quantitative estimate of drug-likeness (QED) is 0.193. The van der Waals surface area contributed by atoms with Gasteiger partial charge in [-0.15, -0.1) is 0 Å². The van der Waals surface area contributed by atoms with Gasteiger partial charge in [-0.1, -0.05) is 78.9 Å². The molecule has 0 unspecified atom stereocenters. The number of nitrogens with one attached hydrogen (secondary N) is 2. The molecule has 3 amide bonds. The molecule has 0 saturated carbocycles. The Balaban J connectivity index is 1.60. The van der Waals surface area contributed by atoms with Gasteiger partial charge in [-0.3, -0.25) is 9.78 Å². The van der Waals surface area contributed by atoms with Crippen molar-refractivity contribution in [2.75, 3.05) is 4.90 Å². The van der Waals surface area contributed by atoms with Gasteiger partial charge in [0.1, 0.15) is 11.7 Å². The number of para-hydroxylation sites is 1. The summed E-state index contributed by atoms with van der Waals surface area (Å²) in [4.78, 5) is 44.2. The molecule has 3 atom stereocenters. The van der Waals surface area contributed by atoms with Crippen molar-refractivity contribution in [2.24, 2.45) is 0 Å². The average Bonchev–Trinajstić information content (AvgIpc) is 3.03. The fourth-order valence-corrected chi connectivity index (χ4v) is 5.22. The highest BCUT2D eigenvalue weighted by molar-refractivity contribution is 6.03. The molecule has 1 heterocycles. The third-order valence-corrected chi connectivity index (χ3v) is 7.36. The van der Waals surface area contributed by atoms with Gasteiger partial charge in [0.15, 0.2) is 0 Å². The predicted octanol–water partition coefficient (Wildman–Crippen LogP) is 4.66. The average molecular weight is 638 g/mol. The van der Waals surface area contributed by atoms with Crippen LogP contribution in [0.15, 0.2) is 109 Å². The smallest absolute Gasteiger partial charge is 0.407 e. The van der Waals surface area contributed by atoms with Crippen molar-refractivity contribution in [1.82, 2.24) is 15.6 Å². The van der Waals surface area contributed by atoms with E-state index in [-0.39, 0.29) is 24.2 Å². The minimum Gasteiger partial charge on any atom is -0.530 e. The minimum absolute atomic E-state index is 0.0776. The van der Waals surface area contributed by atoms with E-state index >= 15 is 0 Å². The van der Waals surface area contributed by atoms with Crippen molar-refractivity contribution >= 4 is 23.8 Å². The topological polar surface area (TPSA) is 144 Å². The maximum Gasteiger partial charge on any atom is 0.407 e. The first kappa shape index (κ1) is 34.6. The number of carboxylic acid groups (broad SMARTS) is 1. The van der Waals surface area contributed by atoms with Gasteiger partial charge in [-0.25, -0.2) is 4.79 Å². The Morgan fingerprint density at radius 1 is 0.830 bits per heavy atom. The summed E-state index contributed by atoms with van der Waals surface area (Å²) in [6, 6.07) is 29.2. The second-order valence-electron chi connectivity index (χ2n) is 12.3. The van der Waals surface area contributed by atoms with E-state index in [1.807, 2.05) is 60.7 Å². The number of anilines is 1. The van der Waals surface area contributed by atoms with Gasteiger partial charge in [-0.05, 0) is 75.4 Å². The van der Waals surface area contributed by atoms with Gasteiger partial charge in [0.2, 0.25) is 0 Å². The van der Waals surface area contributed by atoms with Crippen LogP contribution in [-0.4, -0.2) is 52.0 Å². The normalized spacial score (nSPS) is 13.1. The zero-order valence-corrected chi connectivity index (χ0v) is 26.8. The fraction of sp³-hybridized carbons (Fsp3) is 0.297. The second kappa shape index (κ2) is 16.4. The van der Waals surface area contributed by atoms with Crippen LogP contribution in [0, 0.1) is 0 Å². The van der Waals surface area contributed by atoms with Crippen molar-refractivity contribution in [1.29, 1.82) is 0 Å². The molecule has 3 aromatic carbocycles. The molecule has 4 aromatic rings. The van der Waals surface area contributed by atoms with Gasteiger partial charge >= 0.3 is 6.09 Å². The van der Waals surface area contributed by atoms with E-state index in [4.69, 9.17) is 4.74 Å². The first-order valence-corrected chi connectivity index (χ1v) is 15.5. The summed E-state index contributed by atoms with van der Waals surface area (Å²) in [6.07, 6.45) is -0.901. The van der Waals surface area contributed by atoms with Crippen LogP contribution in [0.25, 0.3) is 0 Å². The summed E-state index contributed by atoms with van der Waals surface area (Å²) in [5.41, 5.74) is 1.83. The highest BCUT2D eigenvalue weighted by Gasteiger charge is 2.29. The van der Waals surface area contributed by atoms with Crippen LogP contribution in [0.2, 0.25) is 0 Å². The molecule has 3 N–H and O–H groups in total. The Bertz CT molecular complexity index is 1600. The Kier molecular flexibility index (Phi) is 12.1. The summed E-state index contributed by atoms with van der Waals surface area (Å²) in [5.74, 6) is -0.527. The van der Waals surface area contributed by atoms with E-state index in [1.54, 1.807) is 57.3 Å². The van der Waals surface area contributed by atoms with E-state index in [2.05, 4.69) is 15.6 Å². The molecule has 0 fully saturated rings. The van der Waals surface area contributed by atoms with Crippen molar-refractivity contribution in [3.8, 4) is 0 Å². The molecule has 0 aliphatic rings. The van der Waals surface area contributed by atoms with E-state index in [0.717, 1.165) is 16.0 Å². The number of ether oxygens (including phenoxy) is 1. The summed E-state index contributed by atoms with van der Waals surface area (Å²) in [6.45, 7) is 5.17. The van der Waals surface area contributed by atoms with Gasteiger partial charge in [0.25, 0.3) is 5.91 Å². The lowest BCUT2D eigenvalue weighted by atomic mass is 9.93. The molecule has 0 aliphatic carbocycles. The van der Waals surface area contributed by atoms with Crippen LogP contribution in [0.5, 0.6) is 0 Å². The number of aromatic nitrogens is 1. The Morgan fingerprint density at radius 3 is 2.02 bits per heavy atom. The summed E-state index contributed by atoms with van der Waals surface area (Å²) < 4.78 is 5.48. The minimum atomic E-state index is -1.48. The summed E-state index contributed by atoms with van der Waals surface area (Å²) >= 11 is 0. The zero-order valence-electron chi connectivity index (χ0n) is 26.8. The highest BCUT2D eigenvalue weighted by Crippen LogP contribution is 2.23. The fourth-order valence-electron chi connectivity index (χ4n) is 5.22. The van der Waals surface area contributed by atoms with E-state index in [0.29, 0.717) is 18.5 Å². The number of hydrogen-bond acceptors (Lipinski definition) is 7. The number of aliphatic hydroxyl groups is 1. The van der Waals surface area contributed by atoms with Crippen LogP contribution in [0.1, 0.15) is 54.4 Å². The third kappa shape index (κ3) is 11.0. The molecule has 0 radical (unpaired) electrons. The van der Waals surface area contributed by atoms with E-state index in [9.17, 15) is 24.6 Å². The molecule has 246 valence electrons. The molecular formula is C37H41N4O6-. The van der Waals surface area contributed by atoms with Gasteiger partial charge in [-0.2, -0.15) is 0 Å². The monoisotopic (exact) mass is 637 g/mol. The van der Waals surface area contributed by atoms with Crippen LogP contribution in [-0.2, 0) is 24.1 Å². The lowest BCUT2D eigenvalue weighted by Crippen LogP contribution is -2.50. The third-order valence-electron chi connectivity index (χ3n) is 7.36. The zero-order chi connectivity index (χ0) is 33.8. The standard InChI is InChI=1S/C37H42N4O6/c1-37(2,3)47-35(44)40-31(23-27-16-8-5-9-17-27)33(42)24-29(22-26-14-6-4-7-15-26)39-34(43)30-19-10-11-20-32(30)41(36(45)46)25-28-18-12-13-21-38-28/h4-21,29,31,33,42H,22-25H2,1-3H3,(H,39,43)(H,40,44)(H,45,46)/p-1/t29-,31-,33-/m0/s1.